The van der Waals surface area contributed by atoms with E-state index < -0.39 is 48.5 Å². The van der Waals surface area contributed by atoms with Gasteiger partial charge in [0.15, 0.2) is 8.32 Å². The summed E-state index contributed by atoms with van der Waals surface area (Å²) >= 11 is 0. The molecule has 0 aromatic rings. The van der Waals surface area contributed by atoms with Crippen molar-refractivity contribution in [1.82, 2.24) is 0 Å². The molecule has 0 aliphatic carbocycles. The lowest BCUT2D eigenvalue weighted by molar-refractivity contribution is -0.132. The Morgan fingerprint density at radius 3 is 1.30 bits per heavy atom. The first kappa shape index (κ1) is 30.1. The number of carbonyl (C=O) groups is 1. The van der Waals surface area contributed by atoms with Gasteiger partial charge in [-0.15, -0.1) is 0 Å². The van der Waals surface area contributed by atoms with Crippen molar-refractivity contribution in [2.24, 2.45) is 0 Å². The summed E-state index contributed by atoms with van der Waals surface area (Å²) in [6.07, 6.45) is 0. The SMILES string of the molecule is C=C(C)C(=O)O[Si](O[Si](C)(C)O[Si](C)(C)O[Si](C)(C)O[Si](C)(C)C)(C(C)C)C(C)C. The molecule has 0 amide bonds. The molecule has 0 spiro atoms. The Hall–Kier alpha value is 0.134. The van der Waals surface area contributed by atoms with Crippen molar-refractivity contribution in [3.8, 4) is 0 Å². The number of carbonyl (C=O) groups excluding carboxylic acids is 1. The molecule has 0 aromatic carbocycles. The highest BCUT2D eigenvalue weighted by Crippen LogP contribution is 2.38. The molecule has 6 nitrogen and oxygen atoms in total. The van der Waals surface area contributed by atoms with Gasteiger partial charge in [-0.3, -0.25) is 0 Å². The van der Waals surface area contributed by atoms with Crippen LogP contribution in [-0.4, -0.2) is 48.5 Å². The Morgan fingerprint density at radius 1 is 0.667 bits per heavy atom. The lowest BCUT2D eigenvalue weighted by Crippen LogP contribution is -2.61. The molecule has 0 radical (unpaired) electrons. The summed E-state index contributed by atoms with van der Waals surface area (Å²) in [6.45, 7) is 32.4. The van der Waals surface area contributed by atoms with E-state index in [1.165, 1.54) is 0 Å². The number of hydrogen-bond acceptors (Lipinski definition) is 6. The molecule has 30 heavy (non-hydrogen) atoms. The van der Waals surface area contributed by atoms with Gasteiger partial charge in [0.1, 0.15) is 0 Å². The predicted molar refractivity (Wildman–Crippen MR) is 137 cm³/mol. The van der Waals surface area contributed by atoms with Crippen LogP contribution in [-0.2, 0) is 25.7 Å². The molecule has 0 aromatic heterocycles. The molecule has 0 aliphatic heterocycles. The maximum atomic E-state index is 12.4. The van der Waals surface area contributed by atoms with Crippen LogP contribution in [0, 0.1) is 0 Å². The molecular formula is C19H46O6Si5. The van der Waals surface area contributed by atoms with Crippen LogP contribution in [0.5, 0.6) is 0 Å². The average Bonchev–Trinajstić information content (AvgIpc) is 2.39. The van der Waals surface area contributed by atoms with Gasteiger partial charge in [0.05, 0.1) is 0 Å². The van der Waals surface area contributed by atoms with E-state index in [0.29, 0.717) is 5.57 Å². The number of hydrogen-bond donors (Lipinski definition) is 0. The van der Waals surface area contributed by atoms with E-state index in [0.717, 1.165) is 0 Å². The van der Waals surface area contributed by atoms with Crippen molar-refractivity contribution in [2.75, 3.05) is 0 Å². The fraction of sp³-hybridized carbons (Fsp3) is 0.842. The quantitative estimate of drug-likeness (QED) is 0.224. The van der Waals surface area contributed by atoms with Crippen molar-refractivity contribution in [1.29, 1.82) is 0 Å². The minimum atomic E-state index is -2.93. The highest BCUT2D eigenvalue weighted by Gasteiger charge is 2.54. The molecular weight excluding hydrogens is 465 g/mol. The second kappa shape index (κ2) is 10.4. The summed E-state index contributed by atoms with van der Waals surface area (Å²) in [7, 11) is -12.2. The van der Waals surface area contributed by atoms with E-state index in [2.05, 4.69) is 67.0 Å². The molecule has 0 saturated carbocycles. The topological polar surface area (TPSA) is 63.2 Å². The van der Waals surface area contributed by atoms with Gasteiger partial charge in [-0.05, 0) is 65.8 Å². The molecule has 178 valence electrons. The molecule has 0 saturated heterocycles. The normalized spacial score (nSPS) is 14.4. The highest BCUT2D eigenvalue weighted by atomic mass is 28.5. The van der Waals surface area contributed by atoms with Gasteiger partial charge in [-0.1, -0.05) is 34.3 Å². The van der Waals surface area contributed by atoms with Crippen molar-refractivity contribution in [3.05, 3.63) is 12.2 Å². The van der Waals surface area contributed by atoms with Crippen LogP contribution in [0.15, 0.2) is 12.2 Å². The average molecular weight is 511 g/mol. The maximum Gasteiger partial charge on any atom is 0.398 e. The summed E-state index contributed by atoms with van der Waals surface area (Å²) in [5, 5.41) is 0. The monoisotopic (exact) mass is 510 g/mol. The first-order valence-corrected chi connectivity index (χ1v) is 24.6. The maximum absolute atomic E-state index is 12.4. The van der Waals surface area contributed by atoms with Gasteiger partial charge >= 0.3 is 40.2 Å². The second-order valence-electron chi connectivity index (χ2n) is 10.9. The lowest BCUT2D eigenvalue weighted by atomic mass is 10.4. The van der Waals surface area contributed by atoms with Gasteiger partial charge in [-0.25, -0.2) is 4.79 Å². The first-order chi connectivity index (χ1) is 13.0. The zero-order valence-corrected chi connectivity index (χ0v) is 26.8. The van der Waals surface area contributed by atoms with E-state index in [-0.39, 0.29) is 11.1 Å². The highest BCUT2D eigenvalue weighted by molar-refractivity contribution is 6.90. The van der Waals surface area contributed by atoms with Crippen LogP contribution in [0.25, 0.3) is 0 Å². The molecule has 11 heteroatoms. The molecule has 0 atom stereocenters. The summed E-state index contributed by atoms with van der Waals surface area (Å²) in [4.78, 5) is 12.4. The van der Waals surface area contributed by atoms with Gasteiger partial charge in [0.2, 0.25) is 0 Å². The van der Waals surface area contributed by atoms with Crippen LogP contribution in [0.4, 0.5) is 0 Å². The molecule has 0 rings (SSSR count). The largest absolute Gasteiger partial charge is 0.491 e. The lowest BCUT2D eigenvalue weighted by Gasteiger charge is -2.45. The van der Waals surface area contributed by atoms with Crippen LogP contribution in [0.3, 0.4) is 0 Å². The van der Waals surface area contributed by atoms with E-state index >= 15 is 0 Å². The Kier molecular flexibility index (Phi) is 10.4. The third-order valence-corrected chi connectivity index (χ3v) is 23.4. The van der Waals surface area contributed by atoms with Crippen molar-refractivity contribution < 1.29 is 25.7 Å². The summed E-state index contributed by atoms with van der Waals surface area (Å²) < 4.78 is 32.2. The molecule has 0 N–H and O–H groups in total. The summed E-state index contributed by atoms with van der Waals surface area (Å²) in [5.74, 6) is -0.390. The Labute approximate surface area is 190 Å². The van der Waals surface area contributed by atoms with Gasteiger partial charge < -0.3 is 20.9 Å². The molecule has 0 aliphatic rings. The fourth-order valence-electron chi connectivity index (χ4n) is 3.76. The zero-order valence-electron chi connectivity index (χ0n) is 21.8. The smallest absolute Gasteiger partial charge is 0.398 e. The summed E-state index contributed by atoms with van der Waals surface area (Å²) in [5.41, 5.74) is 0.525. The van der Waals surface area contributed by atoms with Crippen LogP contribution < -0.4 is 0 Å². The first-order valence-electron chi connectivity index (χ1n) is 10.7. The minimum absolute atomic E-state index is 0.0721. The Balaban J connectivity index is 5.70. The molecule has 0 heterocycles. The third kappa shape index (κ3) is 10.2. The van der Waals surface area contributed by atoms with Crippen molar-refractivity contribution in [3.63, 3.8) is 0 Å². The van der Waals surface area contributed by atoms with Crippen LogP contribution in [0.2, 0.25) is 70.0 Å². The third-order valence-electron chi connectivity index (χ3n) is 4.15. The molecule has 0 fully saturated rings. The summed E-state index contributed by atoms with van der Waals surface area (Å²) in [6, 6.07) is 0. The van der Waals surface area contributed by atoms with E-state index in [9.17, 15) is 4.79 Å². The Bertz CT molecular complexity index is 603. The Morgan fingerprint density at radius 2 is 1.00 bits per heavy atom. The van der Waals surface area contributed by atoms with Gasteiger partial charge in [0.25, 0.3) is 0 Å². The molecule has 0 unspecified atom stereocenters. The minimum Gasteiger partial charge on any atom is -0.491 e. The number of rotatable bonds is 12. The second-order valence-corrected chi connectivity index (χ2v) is 30.8. The fourth-order valence-corrected chi connectivity index (χ4v) is 28.1. The van der Waals surface area contributed by atoms with Crippen LogP contribution in [0.1, 0.15) is 34.6 Å². The van der Waals surface area contributed by atoms with Gasteiger partial charge in [-0.2, -0.15) is 0 Å². The van der Waals surface area contributed by atoms with Crippen molar-refractivity contribution in [2.45, 2.75) is 105 Å². The van der Waals surface area contributed by atoms with E-state index in [1.54, 1.807) is 6.92 Å². The standard InChI is InChI=1S/C19H46O6Si5/c1-16(2)19(20)21-30(17(3)4,18(5)6)25-29(14,15)24-28(12,13)23-27(10,11)22-26(7,8)9/h17-18H,1H2,2-15H3. The predicted octanol–water partition coefficient (Wildman–Crippen LogP) is 6.37. The molecule has 0 bridgehead atoms. The zero-order chi connectivity index (χ0) is 24.3. The van der Waals surface area contributed by atoms with E-state index in [1.807, 2.05) is 26.2 Å². The van der Waals surface area contributed by atoms with Crippen LogP contribution >= 0.6 is 0 Å². The van der Waals surface area contributed by atoms with Gasteiger partial charge in [0, 0.05) is 16.7 Å². The van der Waals surface area contributed by atoms with E-state index in [4.69, 9.17) is 20.9 Å². The van der Waals surface area contributed by atoms with Crippen molar-refractivity contribution >= 4 is 48.5 Å².